The summed E-state index contributed by atoms with van der Waals surface area (Å²) < 4.78 is 0. The Labute approximate surface area is 95.7 Å². The Kier molecular flexibility index (Phi) is 4.98. The summed E-state index contributed by atoms with van der Waals surface area (Å²) in [7, 11) is 1.77. The van der Waals surface area contributed by atoms with Crippen molar-refractivity contribution < 1.29 is 9.59 Å². The van der Waals surface area contributed by atoms with E-state index < -0.39 is 0 Å². The topological polar surface area (TPSA) is 75.4 Å². The van der Waals surface area contributed by atoms with Crippen molar-refractivity contribution in [2.24, 2.45) is 5.73 Å². The monoisotopic (exact) mass is 225 g/mol. The van der Waals surface area contributed by atoms with Crippen LogP contribution in [0.3, 0.4) is 0 Å². The lowest BCUT2D eigenvalue weighted by atomic mass is 10.1. The van der Waals surface area contributed by atoms with Gasteiger partial charge in [-0.05, 0) is 38.6 Å². The summed E-state index contributed by atoms with van der Waals surface area (Å²) in [5.74, 6) is -0.119. The third-order valence-electron chi connectivity index (χ3n) is 2.76. The molecule has 90 valence electrons. The fourth-order valence-electron chi connectivity index (χ4n) is 1.88. The molecule has 0 aromatic rings. The second-order valence-corrected chi connectivity index (χ2v) is 3.92. The van der Waals surface area contributed by atoms with Gasteiger partial charge in [-0.3, -0.25) is 9.59 Å². The molecule has 1 atom stereocenters. The van der Waals surface area contributed by atoms with E-state index in [1.165, 1.54) is 12.3 Å². The number of likely N-dealkylation sites (tertiary alicyclic amines) is 1. The maximum Gasteiger partial charge on any atom is 0.240 e. The number of carbonyl (C=O) groups excluding carboxylic acids is 2. The summed E-state index contributed by atoms with van der Waals surface area (Å²) in [6, 6.07) is -0.155. The first-order chi connectivity index (χ1) is 7.69. The van der Waals surface area contributed by atoms with Gasteiger partial charge in [-0.25, -0.2) is 0 Å². The van der Waals surface area contributed by atoms with Crippen LogP contribution >= 0.6 is 0 Å². The molecule has 16 heavy (non-hydrogen) atoms. The molecule has 1 saturated heterocycles. The van der Waals surface area contributed by atoms with Crippen LogP contribution < -0.4 is 11.1 Å². The molecule has 1 amide bonds. The zero-order valence-corrected chi connectivity index (χ0v) is 9.61. The zero-order chi connectivity index (χ0) is 12.0. The van der Waals surface area contributed by atoms with Crippen molar-refractivity contribution in [1.82, 2.24) is 10.2 Å². The van der Waals surface area contributed by atoms with Crippen molar-refractivity contribution in [3.63, 3.8) is 0 Å². The van der Waals surface area contributed by atoms with Gasteiger partial charge in [0.1, 0.15) is 0 Å². The molecule has 1 aliphatic heterocycles. The minimum absolute atomic E-state index is 0.0128. The van der Waals surface area contributed by atoms with Crippen molar-refractivity contribution >= 4 is 11.7 Å². The van der Waals surface area contributed by atoms with E-state index in [1.54, 1.807) is 11.9 Å². The molecule has 3 N–H and O–H groups in total. The van der Waals surface area contributed by atoms with Crippen LogP contribution in [0.2, 0.25) is 0 Å². The Morgan fingerprint density at radius 1 is 1.62 bits per heavy atom. The summed E-state index contributed by atoms with van der Waals surface area (Å²) >= 11 is 0. The summed E-state index contributed by atoms with van der Waals surface area (Å²) in [6.07, 6.45) is 5.30. The number of rotatable bonds is 4. The fourth-order valence-corrected chi connectivity index (χ4v) is 1.88. The minimum Gasteiger partial charge on any atom is -0.404 e. The number of hydrogen-bond acceptors (Lipinski definition) is 4. The standard InChI is InChI=1S/C11H19N3O2/c1-13-10-4-2-3-7-14(11(10)16)8-9(15)5-6-12/h5-6,10,13H,2-4,7-8,12H2,1H3/b6-5-. The van der Waals surface area contributed by atoms with Gasteiger partial charge >= 0.3 is 0 Å². The highest BCUT2D eigenvalue weighted by Crippen LogP contribution is 2.11. The molecular weight excluding hydrogens is 206 g/mol. The van der Waals surface area contributed by atoms with Crippen LogP contribution in [0.4, 0.5) is 0 Å². The average Bonchev–Trinajstić information content (AvgIpc) is 2.42. The number of amides is 1. The molecule has 0 aromatic carbocycles. The molecule has 0 saturated carbocycles. The van der Waals surface area contributed by atoms with Gasteiger partial charge in [0, 0.05) is 6.54 Å². The molecule has 0 aliphatic carbocycles. The molecule has 1 rings (SSSR count). The molecule has 1 heterocycles. The molecule has 0 bridgehead atoms. The third kappa shape index (κ3) is 3.34. The van der Waals surface area contributed by atoms with Gasteiger partial charge in [-0.2, -0.15) is 0 Å². The SMILES string of the molecule is CNC1CCCCN(CC(=O)/C=C\N)C1=O. The van der Waals surface area contributed by atoms with E-state index in [0.29, 0.717) is 6.54 Å². The number of nitrogens with one attached hydrogen (secondary N) is 1. The number of hydrogen-bond donors (Lipinski definition) is 2. The van der Waals surface area contributed by atoms with E-state index >= 15 is 0 Å². The van der Waals surface area contributed by atoms with E-state index in [0.717, 1.165) is 19.3 Å². The lowest BCUT2D eigenvalue weighted by Gasteiger charge is -2.22. The largest absolute Gasteiger partial charge is 0.404 e. The molecule has 1 aliphatic rings. The highest BCUT2D eigenvalue weighted by atomic mass is 16.2. The number of nitrogens with zero attached hydrogens (tertiary/aromatic N) is 1. The van der Waals surface area contributed by atoms with E-state index in [4.69, 9.17) is 5.73 Å². The molecular formula is C11H19N3O2. The maximum absolute atomic E-state index is 12.0. The summed E-state index contributed by atoms with van der Waals surface area (Å²) in [5, 5.41) is 2.98. The summed E-state index contributed by atoms with van der Waals surface area (Å²) in [6.45, 7) is 0.784. The third-order valence-corrected chi connectivity index (χ3v) is 2.76. The minimum atomic E-state index is -0.155. The quantitative estimate of drug-likeness (QED) is 0.640. The molecule has 1 fully saturated rings. The fraction of sp³-hybridized carbons (Fsp3) is 0.636. The van der Waals surface area contributed by atoms with Gasteiger partial charge in [-0.1, -0.05) is 0 Å². The number of carbonyl (C=O) groups is 2. The van der Waals surface area contributed by atoms with Gasteiger partial charge in [-0.15, -0.1) is 0 Å². The smallest absolute Gasteiger partial charge is 0.240 e. The zero-order valence-electron chi connectivity index (χ0n) is 9.61. The first-order valence-electron chi connectivity index (χ1n) is 5.56. The molecule has 1 unspecified atom stereocenters. The van der Waals surface area contributed by atoms with Crippen LogP contribution in [0.5, 0.6) is 0 Å². The van der Waals surface area contributed by atoms with Gasteiger partial charge in [0.05, 0.1) is 12.6 Å². The van der Waals surface area contributed by atoms with Gasteiger partial charge in [0.15, 0.2) is 5.78 Å². The van der Waals surface area contributed by atoms with E-state index in [-0.39, 0.29) is 24.3 Å². The van der Waals surface area contributed by atoms with Crippen molar-refractivity contribution in [2.45, 2.75) is 25.3 Å². The highest BCUT2D eigenvalue weighted by molar-refractivity contribution is 5.94. The summed E-state index contributed by atoms with van der Waals surface area (Å²) in [5.41, 5.74) is 5.14. The molecule has 0 aromatic heterocycles. The van der Waals surface area contributed by atoms with Crippen LogP contribution in [0, 0.1) is 0 Å². The van der Waals surface area contributed by atoms with E-state index in [2.05, 4.69) is 5.32 Å². The maximum atomic E-state index is 12.0. The molecule has 5 heteroatoms. The Hall–Kier alpha value is -1.36. The van der Waals surface area contributed by atoms with Crippen LogP contribution in [-0.4, -0.2) is 42.8 Å². The second kappa shape index (κ2) is 6.27. The normalized spacial score (nSPS) is 22.4. The Morgan fingerprint density at radius 3 is 3.00 bits per heavy atom. The predicted octanol–water partition coefficient (Wildman–Crippen LogP) is -0.372. The summed E-state index contributed by atoms with van der Waals surface area (Å²) in [4.78, 5) is 25.0. The van der Waals surface area contributed by atoms with Crippen molar-refractivity contribution in [2.75, 3.05) is 20.1 Å². The molecule has 0 radical (unpaired) electrons. The van der Waals surface area contributed by atoms with Crippen LogP contribution in [0.1, 0.15) is 19.3 Å². The van der Waals surface area contributed by atoms with Crippen molar-refractivity contribution in [3.05, 3.63) is 12.3 Å². The van der Waals surface area contributed by atoms with Crippen molar-refractivity contribution in [3.8, 4) is 0 Å². The molecule has 0 spiro atoms. The Balaban J connectivity index is 2.62. The Bertz CT molecular complexity index is 289. The van der Waals surface area contributed by atoms with E-state index in [1.807, 2.05) is 0 Å². The number of likely N-dealkylation sites (N-methyl/N-ethyl adjacent to an activating group) is 1. The van der Waals surface area contributed by atoms with Crippen LogP contribution in [0.15, 0.2) is 12.3 Å². The average molecular weight is 225 g/mol. The Morgan fingerprint density at radius 2 is 2.38 bits per heavy atom. The van der Waals surface area contributed by atoms with Gasteiger partial charge in [0.2, 0.25) is 5.91 Å². The lowest BCUT2D eigenvalue weighted by molar-refractivity contribution is -0.135. The number of ketones is 1. The number of nitrogens with two attached hydrogens (primary N) is 1. The van der Waals surface area contributed by atoms with Gasteiger partial charge < -0.3 is 16.0 Å². The first-order valence-corrected chi connectivity index (χ1v) is 5.56. The first kappa shape index (κ1) is 12.7. The molecule has 5 nitrogen and oxygen atoms in total. The van der Waals surface area contributed by atoms with Gasteiger partial charge in [0.25, 0.3) is 0 Å². The van der Waals surface area contributed by atoms with Crippen molar-refractivity contribution in [1.29, 1.82) is 0 Å². The second-order valence-electron chi connectivity index (χ2n) is 3.92. The van der Waals surface area contributed by atoms with Crippen LogP contribution in [-0.2, 0) is 9.59 Å². The van der Waals surface area contributed by atoms with E-state index in [9.17, 15) is 9.59 Å². The lowest BCUT2D eigenvalue weighted by Crippen LogP contribution is -2.45. The van der Waals surface area contributed by atoms with Crippen LogP contribution in [0.25, 0.3) is 0 Å². The predicted molar refractivity (Wildman–Crippen MR) is 61.6 cm³/mol. The highest BCUT2D eigenvalue weighted by Gasteiger charge is 2.26.